The highest BCUT2D eigenvalue weighted by Gasteiger charge is 2.27. The maximum absolute atomic E-state index is 12.7. The fourth-order valence-electron chi connectivity index (χ4n) is 3.32. The maximum Gasteiger partial charge on any atom is 0.387 e. The molecule has 3 rings (SSSR count). The van der Waals surface area contributed by atoms with Crippen molar-refractivity contribution >= 4 is 24.0 Å². The minimum Gasteiger partial charge on any atom is -0.435 e. The summed E-state index contributed by atoms with van der Waals surface area (Å²) >= 11 is 0. The van der Waals surface area contributed by atoms with Crippen molar-refractivity contribution in [2.45, 2.75) is 38.3 Å². The highest BCUT2D eigenvalue weighted by molar-refractivity contribution is 5.93. The summed E-state index contributed by atoms with van der Waals surface area (Å²) < 4.78 is 30.0. The van der Waals surface area contributed by atoms with Gasteiger partial charge in [0.25, 0.3) is 0 Å². The van der Waals surface area contributed by atoms with Crippen molar-refractivity contribution < 1.29 is 18.3 Å². The van der Waals surface area contributed by atoms with Gasteiger partial charge in [0, 0.05) is 29.6 Å². The van der Waals surface area contributed by atoms with Gasteiger partial charge in [-0.05, 0) is 43.0 Å². The zero-order valence-electron chi connectivity index (χ0n) is 14.7. The van der Waals surface area contributed by atoms with E-state index in [-0.39, 0.29) is 36.0 Å². The summed E-state index contributed by atoms with van der Waals surface area (Å²) in [5.74, 6) is -0.0598. The number of nitrogens with one attached hydrogen (secondary N) is 1. The van der Waals surface area contributed by atoms with E-state index >= 15 is 0 Å². The van der Waals surface area contributed by atoms with Crippen LogP contribution in [0, 0.1) is 5.92 Å². The highest BCUT2D eigenvalue weighted by atomic mass is 35.5. The number of rotatable bonds is 6. The lowest BCUT2D eigenvalue weighted by Gasteiger charge is -2.15. The van der Waals surface area contributed by atoms with Crippen LogP contribution in [0.15, 0.2) is 48.5 Å². The normalized spacial score (nSPS) is 18.8. The summed E-state index contributed by atoms with van der Waals surface area (Å²) in [6.07, 6.45) is 2.73. The molecular formula is C20H23ClF2N2O2. The summed E-state index contributed by atoms with van der Waals surface area (Å²) in [7, 11) is 0. The van der Waals surface area contributed by atoms with Crippen LogP contribution in [0.2, 0.25) is 0 Å². The minimum absolute atomic E-state index is 0. The van der Waals surface area contributed by atoms with E-state index in [1.165, 1.54) is 6.07 Å². The summed E-state index contributed by atoms with van der Waals surface area (Å²) in [6.45, 7) is -2.90. The molecule has 4 nitrogen and oxygen atoms in total. The highest BCUT2D eigenvalue weighted by Crippen LogP contribution is 2.29. The van der Waals surface area contributed by atoms with Crippen molar-refractivity contribution in [2.75, 3.05) is 5.32 Å². The molecule has 0 aliphatic heterocycles. The van der Waals surface area contributed by atoms with Gasteiger partial charge in [0.1, 0.15) is 5.75 Å². The second-order valence-electron chi connectivity index (χ2n) is 6.62. The molecule has 2 atom stereocenters. The molecule has 1 fully saturated rings. The zero-order chi connectivity index (χ0) is 18.5. The Hall–Kier alpha value is -2.18. The van der Waals surface area contributed by atoms with E-state index in [9.17, 15) is 13.6 Å². The number of hydrogen-bond acceptors (Lipinski definition) is 3. The van der Waals surface area contributed by atoms with Crippen molar-refractivity contribution in [3.8, 4) is 5.75 Å². The Labute approximate surface area is 163 Å². The number of halogens is 3. The monoisotopic (exact) mass is 396 g/mol. The molecule has 0 saturated heterocycles. The Morgan fingerprint density at radius 2 is 1.93 bits per heavy atom. The van der Waals surface area contributed by atoms with Gasteiger partial charge in [-0.2, -0.15) is 8.78 Å². The number of amides is 1. The van der Waals surface area contributed by atoms with E-state index in [0.717, 1.165) is 18.4 Å². The Morgan fingerprint density at radius 1 is 1.19 bits per heavy atom. The van der Waals surface area contributed by atoms with E-state index in [1.54, 1.807) is 12.1 Å². The van der Waals surface area contributed by atoms with Crippen LogP contribution in [0.4, 0.5) is 14.5 Å². The Balaban J connectivity index is 0.00000261. The lowest BCUT2D eigenvalue weighted by atomic mass is 10.0. The van der Waals surface area contributed by atoms with Gasteiger partial charge in [-0.15, -0.1) is 12.4 Å². The summed E-state index contributed by atoms with van der Waals surface area (Å²) in [6, 6.07) is 14.3. The van der Waals surface area contributed by atoms with Crippen LogP contribution < -0.4 is 15.8 Å². The number of ether oxygens (including phenoxy) is 1. The molecule has 1 aliphatic carbocycles. The van der Waals surface area contributed by atoms with Crippen LogP contribution in [-0.2, 0) is 11.2 Å². The summed E-state index contributed by atoms with van der Waals surface area (Å²) in [5, 5.41) is 2.87. The number of benzene rings is 2. The smallest absolute Gasteiger partial charge is 0.387 e. The van der Waals surface area contributed by atoms with Gasteiger partial charge in [0.05, 0.1) is 0 Å². The topological polar surface area (TPSA) is 64.4 Å². The fourth-order valence-corrected chi connectivity index (χ4v) is 3.32. The third-order valence-electron chi connectivity index (χ3n) is 4.63. The number of alkyl halides is 2. The molecule has 1 aliphatic rings. The number of nitrogens with two attached hydrogens (primary N) is 1. The molecule has 1 saturated carbocycles. The molecule has 1 amide bonds. The van der Waals surface area contributed by atoms with Crippen molar-refractivity contribution in [1.29, 1.82) is 0 Å². The van der Waals surface area contributed by atoms with Crippen LogP contribution in [0.5, 0.6) is 5.75 Å². The lowest BCUT2D eigenvalue weighted by molar-refractivity contribution is -0.119. The van der Waals surface area contributed by atoms with Gasteiger partial charge in [0.15, 0.2) is 0 Å². The third-order valence-corrected chi connectivity index (χ3v) is 4.63. The molecule has 0 bridgehead atoms. The van der Waals surface area contributed by atoms with Crippen molar-refractivity contribution in [2.24, 2.45) is 11.7 Å². The van der Waals surface area contributed by atoms with Crippen LogP contribution in [0.1, 0.15) is 30.4 Å². The average molecular weight is 397 g/mol. The molecule has 7 heteroatoms. The predicted molar refractivity (Wildman–Crippen MR) is 104 cm³/mol. The number of hydrogen-bond donors (Lipinski definition) is 2. The predicted octanol–water partition coefficient (Wildman–Crippen LogP) is 4.37. The van der Waals surface area contributed by atoms with Gasteiger partial charge in [-0.3, -0.25) is 4.79 Å². The van der Waals surface area contributed by atoms with Gasteiger partial charge in [-0.1, -0.05) is 30.3 Å². The van der Waals surface area contributed by atoms with Crippen molar-refractivity contribution in [3.63, 3.8) is 0 Å². The van der Waals surface area contributed by atoms with E-state index in [2.05, 4.69) is 10.1 Å². The first-order valence-corrected chi connectivity index (χ1v) is 8.69. The first-order valence-electron chi connectivity index (χ1n) is 8.69. The molecule has 0 spiro atoms. The molecule has 27 heavy (non-hydrogen) atoms. The van der Waals surface area contributed by atoms with Gasteiger partial charge in [0.2, 0.25) is 5.91 Å². The zero-order valence-corrected chi connectivity index (χ0v) is 15.6. The van der Waals surface area contributed by atoms with E-state index in [4.69, 9.17) is 5.73 Å². The second kappa shape index (κ2) is 9.67. The van der Waals surface area contributed by atoms with E-state index in [1.807, 2.05) is 30.3 Å². The Morgan fingerprint density at radius 3 is 2.56 bits per heavy atom. The fraction of sp³-hybridized carbons (Fsp3) is 0.350. The number of carbonyl (C=O) groups is 1. The molecule has 0 heterocycles. The second-order valence-corrected chi connectivity index (χ2v) is 6.62. The SMILES string of the molecule is Cl.NC1CCC(C(=O)Nc2ccc(OC(F)F)c(Cc3ccccc3)c2)C1. The third kappa shape index (κ3) is 5.91. The average Bonchev–Trinajstić information content (AvgIpc) is 3.04. The molecule has 0 radical (unpaired) electrons. The molecule has 2 aromatic rings. The van der Waals surface area contributed by atoms with Gasteiger partial charge in [-0.25, -0.2) is 0 Å². The quantitative estimate of drug-likeness (QED) is 0.762. The molecular weight excluding hydrogens is 374 g/mol. The van der Waals surface area contributed by atoms with Crippen molar-refractivity contribution in [1.82, 2.24) is 0 Å². The van der Waals surface area contributed by atoms with E-state index in [0.29, 0.717) is 24.1 Å². The Bertz CT molecular complexity index is 759. The van der Waals surface area contributed by atoms with Crippen LogP contribution in [0.25, 0.3) is 0 Å². The first-order chi connectivity index (χ1) is 12.5. The van der Waals surface area contributed by atoms with Crippen LogP contribution in [-0.4, -0.2) is 18.6 Å². The maximum atomic E-state index is 12.7. The molecule has 146 valence electrons. The largest absolute Gasteiger partial charge is 0.435 e. The molecule has 3 N–H and O–H groups in total. The number of carbonyl (C=O) groups excluding carboxylic acids is 1. The van der Waals surface area contributed by atoms with Gasteiger partial charge < -0.3 is 15.8 Å². The molecule has 2 aromatic carbocycles. The minimum atomic E-state index is -2.90. The van der Waals surface area contributed by atoms with Crippen LogP contribution in [0.3, 0.4) is 0 Å². The Kier molecular flexibility index (Phi) is 7.56. The molecule has 2 unspecified atom stereocenters. The standard InChI is InChI=1S/C20H22F2N2O2.ClH/c21-20(22)26-18-9-8-17(24-19(25)14-6-7-16(23)11-14)12-15(18)10-13-4-2-1-3-5-13;/h1-5,8-9,12,14,16,20H,6-7,10-11,23H2,(H,24,25);1H. The van der Waals surface area contributed by atoms with E-state index < -0.39 is 6.61 Å². The van der Waals surface area contributed by atoms with Crippen LogP contribution >= 0.6 is 12.4 Å². The first kappa shape index (κ1) is 21.1. The van der Waals surface area contributed by atoms with Crippen molar-refractivity contribution in [3.05, 3.63) is 59.7 Å². The lowest BCUT2D eigenvalue weighted by Crippen LogP contribution is -2.23. The summed E-state index contributed by atoms with van der Waals surface area (Å²) in [5.41, 5.74) is 8.00. The number of anilines is 1. The summed E-state index contributed by atoms with van der Waals surface area (Å²) in [4.78, 5) is 12.4. The molecule has 0 aromatic heterocycles. The van der Waals surface area contributed by atoms with Gasteiger partial charge >= 0.3 is 6.61 Å².